The molecule has 11 nitrogen and oxygen atoms in total. The van der Waals surface area contributed by atoms with Gasteiger partial charge in [-0.25, -0.2) is 9.97 Å². The van der Waals surface area contributed by atoms with Crippen molar-refractivity contribution in [3.05, 3.63) is 88.6 Å². The normalized spacial score (nSPS) is 14.3. The zero-order valence-electron chi connectivity index (χ0n) is 22.5. The monoisotopic (exact) mass is 570 g/mol. The highest BCUT2D eigenvalue weighted by Gasteiger charge is 2.21. The lowest BCUT2D eigenvalue weighted by molar-refractivity contribution is 0.0944. The Balaban J connectivity index is 1.32. The summed E-state index contributed by atoms with van der Waals surface area (Å²) in [6, 6.07) is 17.6. The number of nitrogens with two attached hydrogens (primary N) is 1. The van der Waals surface area contributed by atoms with E-state index in [9.17, 15) is 4.79 Å². The molecule has 1 atom stereocenters. The van der Waals surface area contributed by atoms with Crippen LogP contribution < -0.4 is 27.2 Å². The molecule has 2 aromatic heterocycles. The Hall–Kier alpha value is -4.61. The second-order valence-corrected chi connectivity index (χ2v) is 10.3. The summed E-state index contributed by atoms with van der Waals surface area (Å²) in [5, 5.41) is 31.1. The van der Waals surface area contributed by atoms with Crippen LogP contribution in [0, 0.1) is 10.8 Å². The molecule has 5 rings (SSSR count). The van der Waals surface area contributed by atoms with Crippen molar-refractivity contribution in [2.75, 3.05) is 24.1 Å². The molecule has 41 heavy (non-hydrogen) atoms. The van der Waals surface area contributed by atoms with Crippen LogP contribution in [-0.4, -0.2) is 50.6 Å². The van der Waals surface area contributed by atoms with Gasteiger partial charge in [0.2, 0.25) is 0 Å². The lowest BCUT2D eigenvalue weighted by Crippen LogP contribution is -2.45. The molecule has 2 aromatic carbocycles. The first-order valence-corrected chi connectivity index (χ1v) is 13.7. The van der Waals surface area contributed by atoms with Gasteiger partial charge >= 0.3 is 0 Å². The van der Waals surface area contributed by atoms with Crippen LogP contribution in [0.2, 0.25) is 5.02 Å². The van der Waals surface area contributed by atoms with Crippen LogP contribution in [0.4, 0.5) is 17.3 Å². The number of aromatic nitrogens is 4. The first kappa shape index (κ1) is 27.9. The zero-order valence-corrected chi connectivity index (χ0v) is 23.2. The summed E-state index contributed by atoms with van der Waals surface area (Å²) in [5.74, 6) is 0.166. The number of halogens is 1. The quantitative estimate of drug-likeness (QED) is 0.144. The standard InChI is InChI=1S/C29H31ClN10O/c1-17(28(33)40-24(31)8-9-25(39-40)37-22-7-3-6-21(30)15-22)36-29(41)26-27(32)35-16-23(38-26)20-5-2-4-19(14-20)18-10-12-34-13-11-18/h2-9,14-18,31,33-34H,10-13H2,1H3,(H2,32,35)(H,36,41)(H,37,39)/t17-/m1/s1. The molecule has 0 bridgehead atoms. The minimum Gasteiger partial charge on any atom is -0.382 e. The molecule has 1 aliphatic rings. The number of hydrogen-bond acceptors (Lipinski definition) is 9. The molecule has 7 N–H and O–H groups in total. The van der Waals surface area contributed by atoms with Gasteiger partial charge in [0.15, 0.2) is 17.3 Å². The van der Waals surface area contributed by atoms with Gasteiger partial charge in [0, 0.05) is 16.3 Å². The fraction of sp³-hybridized carbons (Fsp3) is 0.241. The van der Waals surface area contributed by atoms with E-state index >= 15 is 0 Å². The maximum atomic E-state index is 13.2. The van der Waals surface area contributed by atoms with Crippen molar-refractivity contribution in [2.24, 2.45) is 0 Å². The molecular weight excluding hydrogens is 540 g/mol. The molecule has 1 amide bonds. The minimum absolute atomic E-state index is 0.0147. The molecule has 1 saturated heterocycles. The van der Waals surface area contributed by atoms with Crippen LogP contribution in [0.1, 0.15) is 41.7 Å². The van der Waals surface area contributed by atoms with Crippen LogP contribution in [0.5, 0.6) is 0 Å². The van der Waals surface area contributed by atoms with Gasteiger partial charge in [0.25, 0.3) is 5.91 Å². The van der Waals surface area contributed by atoms with Gasteiger partial charge in [-0.05, 0) is 80.7 Å². The second kappa shape index (κ2) is 12.3. The minimum atomic E-state index is -0.821. The lowest BCUT2D eigenvalue weighted by Gasteiger charge is -2.23. The van der Waals surface area contributed by atoms with E-state index in [1.165, 1.54) is 11.6 Å². The van der Waals surface area contributed by atoms with Gasteiger partial charge in [-0.1, -0.05) is 35.9 Å². The number of carbonyl (C=O) groups excluding carboxylic acids is 1. The van der Waals surface area contributed by atoms with Gasteiger partial charge in [0.05, 0.1) is 17.9 Å². The largest absolute Gasteiger partial charge is 0.382 e. The van der Waals surface area contributed by atoms with Crippen molar-refractivity contribution in [2.45, 2.75) is 31.7 Å². The third-order valence-electron chi connectivity index (χ3n) is 6.93. The maximum Gasteiger partial charge on any atom is 0.274 e. The molecule has 0 unspecified atom stereocenters. The lowest BCUT2D eigenvalue weighted by atomic mass is 9.89. The molecule has 3 heterocycles. The van der Waals surface area contributed by atoms with Crippen molar-refractivity contribution >= 4 is 40.7 Å². The first-order chi connectivity index (χ1) is 19.8. The Bertz CT molecular complexity index is 1650. The summed E-state index contributed by atoms with van der Waals surface area (Å²) in [6.07, 6.45) is 3.70. The highest BCUT2D eigenvalue weighted by atomic mass is 35.5. The van der Waals surface area contributed by atoms with E-state index in [1.807, 2.05) is 18.2 Å². The number of anilines is 3. The number of nitrogens with one attached hydrogen (secondary N) is 5. The molecule has 0 saturated carbocycles. The SMILES string of the molecule is C[C@@H](NC(=O)c1nc(-c2cccc(C3CCNCC3)c2)cnc1N)C(=N)n1nc(Nc2cccc(Cl)c2)ccc1=N. The summed E-state index contributed by atoms with van der Waals surface area (Å²) in [4.78, 5) is 22.0. The van der Waals surface area contributed by atoms with E-state index in [4.69, 9.17) is 28.2 Å². The number of benzene rings is 2. The van der Waals surface area contributed by atoms with Gasteiger partial charge < -0.3 is 21.7 Å². The predicted octanol–water partition coefficient (Wildman–Crippen LogP) is 3.91. The summed E-state index contributed by atoms with van der Waals surface area (Å²) >= 11 is 6.06. The summed E-state index contributed by atoms with van der Waals surface area (Å²) in [6.45, 7) is 3.61. The van der Waals surface area contributed by atoms with Crippen LogP contribution in [0.25, 0.3) is 11.3 Å². The first-order valence-electron chi connectivity index (χ1n) is 13.3. The number of nitrogen functional groups attached to an aromatic ring is 1. The van der Waals surface area contributed by atoms with Crippen molar-refractivity contribution < 1.29 is 4.79 Å². The van der Waals surface area contributed by atoms with Gasteiger partial charge in [-0.15, -0.1) is 5.10 Å². The predicted molar refractivity (Wildman–Crippen MR) is 160 cm³/mol. The molecule has 0 radical (unpaired) electrons. The number of piperidine rings is 1. The van der Waals surface area contributed by atoms with E-state index in [1.54, 1.807) is 37.4 Å². The number of hydrogen-bond donors (Lipinski definition) is 6. The molecule has 1 fully saturated rings. The van der Waals surface area contributed by atoms with Gasteiger partial charge in [-0.2, -0.15) is 4.68 Å². The smallest absolute Gasteiger partial charge is 0.274 e. The highest BCUT2D eigenvalue weighted by molar-refractivity contribution is 6.30. The molecule has 210 valence electrons. The summed E-state index contributed by atoms with van der Waals surface area (Å²) in [5.41, 5.74) is 9.32. The second-order valence-electron chi connectivity index (χ2n) is 9.87. The molecule has 0 spiro atoms. The number of rotatable bonds is 7. The fourth-order valence-electron chi connectivity index (χ4n) is 4.72. The van der Waals surface area contributed by atoms with Crippen molar-refractivity contribution in [1.82, 2.24) is 30.4 Å². The third kappa shape index (κ3) is 6.59. The Labute approximate surface area is 242 Å². The van der Waals surface area contributed by atoms with E-state index < -0.39 is 11.9 Å². The van der Waals surface area contributed by atoms with Crippen LogP contribution in [0.3, 0.4) is 0 Å². The Morgan fingerprint density at radius 2 is 1.93 bits per heavy atom. The summed E-state index contributed by atoms with van der Waals surface area (Å²) in [7, 11) is 0. The van der Waals surface area contributed by atoms with E-state index in [0.29, 0.717) is 28.1 Å². The van der Waals surface area contributed by atoms with Gasteiger partial charge in [0.1, 0.15) is 11.3 Å². The van der Waals surface area contributed by atoms with Crippen LogP contribution >= 0.6 is 11.6 Å². The summed E-state index contributed by atoms with van der Waals surface area (Å²) < 4.78 is 1.13. The van der Waals surface area contributed by atoms with Crippen molar-refractivity contribution in [3.8, 4) is 11.3 Å². The molecule has 4 aromatic rings. The Kier molecular flexibility index (Phi) is 8.37. The van der Waals surface area contributed by atoms with Crippen LogP contribution in [0.15, 0.2) is 66.9 Å². The maximum absolute atomic E-state index is 13.2. The zero-order chi connectivity index (χ0) is 28.9. The van der Waals surface area contributed by atoms with E-state index in [0.717, 1.165) is 36.2 Å². The van der Waals surface area contributed by atoms with Gasteiger partial charge in [-0.3, -0.25) is 15.6 Å². The Morgan fingerprint density at radius 3 is 2.71 bits per heavy atom. The third-order valence-corrected chi connectivity index (χ3v) is 7.16. The number of nitrogens with zero attached hydrogens (tertiary/aromatic N) is 4. The molecule has 0 aliphatic carbocycles. The van der Waals surface area contributed by atoms with Crippen molar-refractivity contribution in [1.29, 1.82) is 10.8 Å². The molecule has 1 aliphatic heterocycles. The topological polar surface area (TPSA) is 170 Å². The molecule has 12 heteroatoms. The van der Waals surface area contributed by atoms with E-state index in [2.05, 4.69) is 43.1 Å². The number of carbonyl (C=O) groups is 1. The van der Waals surface area contributed by atoms with Crippen LogP contribution in [-0.2, 0) is 0 Å². The highest BCUT2D eigenvalue weighted by Crippen LogP contribution is 2.29. The Morgan fingerprint density at radius 1 is 1.15 bits per heavy atom. The number of amides is 1. The van der Waals surface area contributed by atoms with Crippen molar-refractivity contribution in [3.63, 3.8) is 0 Å². The van der Waals surface area contributed by atoms with E-state index in [-0.39, 0.29) is 22.8 Å². The fourth-order valence-corrected chi connectivity index (χ4v) is 4.91. The average molecular weight is 571 g/mol. The molecular formula is C29H31ClN10O. The average Bonchev–Trinajstić information content (AvgIpc) is 2.98.